The largest absolute Gasteiger partial charge is 0.486 e. The molecular weight excluding hydrogens is 270 g/mol. The highest BCUT2D eigenvalue weighted by molar-refractivity contribution is 7.99. The molecule has 1 atom stereocenters. The molecule has 0 amide bonds. The zero-order valence-corrected chi connectivity index (χ0v) is 13.1. The summed E-state index contributed by atoms with van der Waals surface area (Å²) in [5.74, 6) is 4.24. The molecule has 0 saturated carbocycles. The van der Waals surface area contributed by atoms with Gasteiger partial charge in [-0.3, -0.25) is 0 Å². The minimum Gasteiger partial charge on any atom is -0.486 e. The number of ether oxygens (including phenoxy) is 2. The molecule has 2 aliphatic heterocycles. The molecule has 0 radical (unpaired) electrons. The van der Waals surface area contributed by atoms with Crippen LogP contribution in [-0.2, 0) is 6.54 Å². The van der Waals surface area contributed by atoms with E-state index >= 15 is 0 Å². The molecule has 1 unspecified atom stereocenters. The van der Waals surface area contributed by atoms with E-state index in [4.69, 9.17) is 9.47 Å². The van der Waals surface area contributed by atoms with Crippen LogP contribution in [0.3, 0.4) is 0 Å². The van der Waals surface area contributed by atoms with Crippen LogP contribution in [0, 0.1) is 5.41 Å². The molecule has 1 fully saturated rings. The normalized spacial score (nSPS) is 24.4. The summed E-state index contributed by atoms with van der Waals surface area (Å²) in [4.78, 5) is 0. The van der Waals surface area contributed by atoms with E-state index in [2.05, 4.69) is 43.1 Å². The smallest absolute Gasteiger partial charge is 0.161 e. The first-order valence-corrected chi connectivity index (χ1v) is 8.48. The number of benzene rings is 1. The van der Waals surface area contributed by atoms with Crippen molar-refractivity contribution in [2.24, 2.45) is 5.41 Å². The third-order valence-corrected chi connectivity index (χ3v) is 5.44. The van der Waals surface area contributed by atoms with Crippen LogP contribution in [0.4, 0.5) is 0 Å². The molecule has 2 heterocycles. The van der Waals surface area contributed by atoms with Crippen molar-refractivity contribution in [3.05, 3.63) is 23.8 Å². The maximum Gasteiger partial charge on any atom is 0.161 e. The van der Waals surface area contributed by atoms with Gasteiger partial charge in [-0.1, -0.05) is 19.9 Å². The molecule has 3 rings (SSSR count). The molecule has 3 nitrogen and oxygen atoms in total. The van der Waals surface area contributed by atoms with Gasteiger partial charge in [0.15, 0.2) is 11.5 Å². The van der Waals surface area contributed by atoms with Gasteiger partial charge in [-0.2, -0.15) is 11.8 Å². The van der Waals surface area contributed by atoms with Gasteiger partial charge in [-0.25, -0.2) is 0 Å². The average Bonchev–Trinajstić information content (AvgIpc) is 2.44. The molecule has 4 heteroatoms. The van der Waals surface area contributed by atoms with Crippen molar-refractivity contribution in [3.8, 4) is 11.5 Å². The fourth-order valence-corrected chi connectivity index (χ4v) is 4.16. The molecule has 1 saturated heterocycles. The summed E-state index contributed by atoms with van der Waals surface area (Å²) in [6.07, 6.45) is 1.25. The highest BCUT2D eigenvalue weighted by Gasteiger charge is 2.28. The molecule has 0 bridgehead atoms. The standard InChI is InChI=1S/C16H23NO2S/c1-16(2)8-13(10-20-11-16)17-9-12-3-4-14-15(7-12)19-6-5-18-14/h3-4,7,13,17H,5-6,8-11H2,1-2H3. The molecule has 1 N–H and O–H groups in total. The molecule has 1 aromatic rings. The summed E-state index contributed by atoms with van der Waals surface area (Å²) in [6, 6.07) is 6.85. The van der Waals surface area contributed by atoms with Crippen molar-refractivity contribution in [1.29, 1.82) is 0 Å². The van der Waals surface area contributed by atoms with Crippen LogP contribution >= 0.6 is 11.8 Å². The van der Waals surface area contributed by atoms with Crippen LogP contribution in [-0.4, -0.2) is 30.8 Å². The molecule has 20 heavy (non-hydrogen) atoms. The van der Waals surface area contributed by atoms with Gasteiger partial charge < -0.3 is 14.8 Å². The molecule has 110 valence electrons. The van der Waals surface area contributed by atoms with Crippen LogP contribution in [0.2, 0.25) is 0 Å². The van der Waals surface area contributed by atoms with E-state index in [1.807, 2.05) is 6.07 Å². The number of thioether (sulfide) groups is 1. The van der Waals surface area contributed by atoms with Gasteiger partial charge in [0.1, 0.15) is 13.2 Å². The van der Waals surface area contributed by atoms with E-state index < -0.39 is 0 Å². The lowest BCUT2D eigenvalue weighted by molar-refractivity contribution is 0.171. The average molecular weight is 293 g/mol. The Bertz CT molecular complexity index is 476. The molecule has 0 aromatic heterocycles. The second-order valence-corrected chi connectivity index (χ2v) is 7.47. The fourth-order valence-electron chi connectivity index (χ4n) is 2.85. The summed E-state index contributed by atoms with van der Waals surface area (Å²) in [6.45, 7) is 6.92. The van der Waals surface area contributed by atoms with Gasteiger partial charge in [0, 0.05) is 18.3 Å². The fraction of sp³-hybridized carbons (Fsp3) is 0.625. The van der Waals surface area contributed by atoms with Crippen LogP contribution in [0.5, 0.6) is 11.5 Å². The van der Waals surface area contributed by atoms with E-state index in [9.17, 15) is 0 Å². The Morgan fingerprint density at radius 1 is 1.25 bits per heavy atom. The van der Waals surface area contributed by atoms with Gasteiger partial charge in [0.25, 0.3) is 0 Å². The number of nitrogens with one attached hydrogen (secondary N) is 1. The first-order valence-electron chi connectivity index (χ1n) is 7.32. The maximum absolute atomic E-state index is 5.63. The van der Waals surface area contributed by atoms with Gasteiger partial charge in [0.05, 0.1) is 0 Å². The Kier molecular flexibility index (Phi) is 4.13. The quantitative estimate of drug-likeness (QED) is 0.928. The lowest BCUT2D eigenvalue weighted by Crippen LogP contribution is -2.39. The summed E-state index contributed by atoms with van der Waals surface area (Å²) in [5.41, 5.74) is 1.72. The first kappa shape index (κ1) is 14.1. The van der Waals surface area contributed by atoms with E-state index in [0.717, 1.165) is 18.0 Å². The highest BCUT2D eigenvalue weighted by Crippen LogP contribution is 2.34. The number of rotatable bonds is 3. The van der Waals surface area contributed by atoms with Gasteiger partial charge >= 0.3 is 0 Å². The molecule has 1 aromatic carbocycles. The summed E-state index contributed by atoms with van der Waals surface area (Å²) >= 11 is 2.06. The maximum atomic E-state index is 5.63. The van der Waals surface area contributed by atoms with Crippen molar-refractivity contribution in [3.63, 3.8) is 0 Å². The van der Waals surface area contributed by atoms with E-state index in [1.54, 1.807) is 0 Å². The zero-order chi connectivity index (χ0) is 14.0. The lowest BCUT2D eigenvalue weighted by atomic mass is 9.88. The molecule has 0 spiro atoms. The highest BCUT2D eigenvalue weighted by atomic mass is 32.2. The minimum atomic E-state index is 0.452. The molecule has 0 aliphatic carbocycles. The minimum absolute atomic E-state index is 0.452. The Hall–Kier alpha value is -0.870. The third-order valence-electron chi connectivity index (χ3n) is 3.81. The molecule has 2 aliphatic rings. The van der Waals surface area contributed by atoms with Crippen LogP contribution < -0.4 is 14.8 Å². The summed E-state index contributed by atoms with van der Waals surface area (Å²) in [5, 5.41) is 3.68. The van der Waals surface area contributed by atoms with Crippen molar-refractivity contribution in [2.45, 2.75) is 32.9 Å². The van der Waals surface area contributed by atoms with Gasteiger partial charge in [0.2, 0.25) is 0 Å². The van der Waals surface area contributed by atoms with Crippen molar-refractivity contribution in [2.75, 3.05) is 24.7 Å². The summed E-state index contributed by atoms with van der Waals surface area (Å²) in [7, 11) is 0. The first-order chi connectivity index (χ1) is 9.62. The topological polar surface area (TPSA) is 30.5 Å². The predicted octanol–water partition coefficient (Wildman–Crippen LogP) is 3.08. The Morgan fingerprint density at radius 2 is 2.05 bits per heavy atom. The number of hydrogen-bond acceptors (Lipinski definition) is 4. The van der Waals surface area contributed by atoms with Crippen molar-refractivity contribution < 1.29 is 9.47 Å². The van der Waals surface area contributed by atoms with E-state index in [0.29, 0.717) is 24.7 Å². The second kappa shape index (κ2) is 5.86. The SMILES string of the molecule is CC1(C)CSCC(NCc2ccc3c(c2)OCCO3)C1. The van der Waals surface area contributed by atoms with Crippen molar-refractivity contribution >= 4 is 11.8 Å². The summed E-state index contributed by atoms with van der Waals surface area (Å²) < 4.78 is 11.2. The van der Waals surface area contributed by atoms with Crippen LogP contribution in [0.25, 0.3) is 0 Å². The van der Waals surface area contributed by atoms with E-state index in [-0.39, 0.29) is 0 Å². The lowest BCUT2D eigenvalue weighted by Gasteiger charge is -2.35. The monoisotopic (exact) mass is 293 g/mol. The predicted molar refractivity (Wildman–Crippen MR) is 83.8 cm³/mol. The number of fused-ring (bicyclic) bond motifs is 1. The van der Waals surface area contributed by atoms with Crippen LogP contribution in [0.15, 0.2) is 18.2 Å². The second-order valence-electron chi connectivity index (χ2n) is 6.44. The van der Waals surface area contributed by atoms with E-state index in [1.165, 1.54) is 23.5 Å². The Morgan fingerprint density at radius 3 is 2.85 bits per heavy atom. The van der Waals surface area contributed by atoms with Gasteiger partial charge in [-0.05, 0) is 35.3 Å². The number of hydrogen-bond donors (Lipinski definition) is 1. The third kappa shape index (κ3) is 3.41. The zero-order valence-electron chi connectivity index (χ0n) is 12.3. The molecular formula is C16H23NO2S. The Labute approximate surface area is 125 Å². The van der Waals surface area contributed by atoms with Gasteiger partial charge in [-0.15, -0.1) is 0 Å². The van der Waals surface area contributed by atoms with Crippen LogP contribution in [0.1, 0.15) is 25.8 Å². The van der Waals surface area contributed by atoms with Crippen molar-refractivity contribution in [1.82, 2.24) is 5.32 Å². The Balaban J connectivity index is 1.58.